The highest BCUT2D eigenvalue weighted by molar-refractivity contribution is 6.31. The fourth-order valence-corrected chi connectivity index (χ4v) is 2.36. The second kappa shape index (κ2) is 5.19. The molecule has 1 aliphatic heterocycles. The van der Waals surface area contributed by atoms with Crippen LogP contribution in [0.25, 0.3) is 11.3 Å². The average molecular weight is 281 g/mol. The Balaban J connectivity index is 1.85. The molecule has 6 heteroatoms. The van der Waals surface area contributed by atoms with Crippen molar-refractivity contribution >= 4 is 17.4 Å². The molecule has 4 nitrogen and oxygen atoms in total. The van der Waals surface area contributed by atoms with E-state index in [9.17, 15) is 4.39 Å². The lowest BCUT2D eigenvalue weighted by Gasteiger charge is -2.26. The van der Waals surface area contributed by atoms with Gasteiger partial charge in [-0.15, -0.1) is 0 Å². The predicted molar refractivity (Wildman–Crippen MR) is 74.1 cm³/mol. The second-order valence-corrected chi connectivity index (χ2v) is 4.91. The normalized spacial score (nSPS) is 15.8. The molecule has 19 heavy (non-hydrogen) atoms. The van der Waals surface area contributed by atoms with Crippen molar-refractivity contribution in [2.45, 2.75) is 0 Å². The molecule has 0 radical (unpaired) electrons. The van der Waals surface area contributed by atoms with Crippen molar-refractivity contribution in [3.05, 3.63) is 35.1 Å². The van der Waals surface area contributed by atoms with Gasteiger partial charge in [0.1, 0.15) is 5.82 Å². The Bertz CT molecular complexity index is 578. The highest BCUT2D eigenvalue weighted by Gasteiger charge is 2.14. The molecular weight excluding hydrogens is 267 g/mol. The number of H-pyrrole nitrogens is 1. The molecule has 3 rings (SSSR count). The summed E-state index contributed by atoms with van der Waals surface area (Å²) in [7, 11) is 0. The molecule has 0 amide bonds. The van der Waals surface area contributed by atoms with Gasteiger partial charge in [-0.3, -0.25) is 5.10 Å². The van der Waals surface area contributed by atoms with Crippen LogP contribution in [0.5, 0.6) is 0 Å². The van der Waals surface area contributed by atoms with Crippen molar-refractivity contribution in [3.63, 3.8) is 0 Å². The molecule has 1 aromatic carbocycles. The molecule has 0 aliphatic carbocycles. The van der Waals surface area contributed by atoms with Crippen molar-refractivity contribution in [2.75, 3.05) is 31.1 Å². The van der Waals surface area contributed by atoms with E-state index in [4.69, 9.17) is 11.6 Å². The molecule has 1 aromatic heterocycles. The van der Waals surface area contributed by atoms with Crippen molar-refractivity contribution in [3.8, 4) is 11.3 Å². The summed E-state index contributed by atoms with van der Waals surface area (Å²) in [4.78, 5) is 2.21. The van der Waals surface area contributed by atoms with Gasteiger partial charge in [0.15, 0.2) is 5.82 Å². The number of aromatic nitrogens is 2. The van der Waals surface area contributed by atoms with Crippen LogP contribution in [0.4, 0.5) is 10.2 Å². The Kier molecular flexibility index (Phi) is 3.40. The smallest absolute Gasteiger partial charge is 0.151 e. The topological polar surface area (TPSA) is 44.0 Å². The summed E-state index contributed by atoms with van der Waals surface area (Å²) in [5, 5.41) is 10.7. The third-order valence-corrected chi connectivity index (χ3v) is 3.53. The van der Waals surface area contributed by atoms with Gasteiger partial charge in [-0.25, -0.2) is 4.39 Å². The van der Waals surface area contributed by atoms with Gasteiger partial charge in [-0.1, -0.05) is 11.6 Å². The Labute approximate surface area is 115 Å². The summed E-state index contributed by atoms with van der Waals surface area (Å²) in [5.41, 5.74) is 1.68. The molecule has 0 spiro atoms. The first-order valence-corrected chi connectivity index (χ1v) is 6.58. The maximum atomic E-state index is 13.1. The maximum Gasteiger partial charge on any atom is 0.151 e. The molecule has 1 fully saturated rings. The number of nitrogens with zero attached hydrogens (tertiary/aromatic N) is 2. The quantitative estimate of drug-likeness (QED) is 0.887. The first-order chi connectivity index (χ1) is 9.24. The summed E-state index contributed by atoms with van der Waals surface area (Å²) in [5.74, 6) is 0.504. The second-order valence-electron chi connectivity index (χ2n) is 4.51. The van der Waals surface area contributed by atoms with Crippen LogP contribution in [0.15, 0.2) is 24.3 Å². The van der Waals surface area contributed by atoms with E-state index in [1.807, 2.05) is 6.07 Å². The van der Waals surface area contributed by atoms with Crippen LogP contribution in [-0.4, -0.2) is 36.4 Å². The number of rotatable bonds is 2. The number of halogens is 2. The van der Waals surface area contributed by atoms with E-state index in [-0.39, 0.29) is 5.02 Å². The number of piperazine rings is 1. The number of aromatic amines is 1. The number of benzene rings is 1. The monoisotopic (exact) mass is 280 g/mol. The van der Waals surface area contributed by atoms with Gasteiger partial charge in [0.05, 0.1) is 10.7 Å². The number of hydrogen-bond acceptors (Lipinski definition) is 3. The molecule has 100 valence electrons. The Morgan fingerprint density at radius 2 is 2.00 bits per heavy atom. The van der Waals surface area contributed by atoms with E-state index < -0.39 is 5.82 Å². The molecule has 0 saturated carbocycles. The van der Waals surface area contributed by atoms with Gasteiger partial charge >= 0.3 is 0 Å². The lowest BCUT2D eigenvalue weighted by atomic mass is 10.1. The minimum Gasteiger partial charge on any atom is -0.353 e. The number of nitrogens with one attached hydrogen (secondary N) is 2. The van der Waals surface area contributed by atoms with Crippen LogP contribution >= 0.6 is 11.6 Å². The average Bonchev–Trinajstić information content (AvgIpc) is 2.93. The molecule has 1 saturated heterocycles. The van der Waals surface area contributed by atoms with E-state index >= 15 is 0 Å². The minimum atomic E-state index is -0.410. The van der Waals surface area contributed by atoms with Crippen molar-refractivity contribution in [1.82, 2.24) is 15.5 Å². The third-order valence-electron chi connectivity index (χ3n) is 3.24. The van der Waals surface area contributed by atoms with E-state index in [0.717, 1.165) is 43.3 Å². The Hall–Kier alpha value is -1.59. The van der Waals surface area contributed by atoms with Gasteiger partial charge in [-0.2, -0.15) is 5.10 Å². The van der Waals surface area contributed by atoms with E-state index in [2.05, 4.69) is 20.4 Å². The van der Waals surface area contributed by atoms with Crippen molar-refractivity contribution in [1.29, 1.82) is 0 Å². The van der Waals surface area contributed by atoms with Crippen LogP contribution < -0.4 is 10.2 Å². The molecule has 0 unspecified atom stereocenters. The summed E-state index contributed by atoms with van der Waals surface area (Å²) in [6, 6.07) is 6.63. The summed E-state index contributed by atoms with van der Waals surface area (Å²) < 4.78 is 13.1. The van der Waals surface area contributed by atoms with Crippen molar-refractivity contribution in [2.24, 2.45) is 0 Å². The first-order valence-electron chi connectivity index (χ1n) is 6.20. The zero-order chi connectivity index (χ0) is 13.2. The van der Waals surface area contributed by atoms with Gasteiger partial charge in [0, 0.05) is 37.8 Å². The fourth-order valence-electron chi connectivity index (χ4n) is 2.18. The zero-order valence-electron chi connectivity index (χ0n) is 10.3. The molecule has 1 aliphatic rings. The summed E-state index contributed by atoms with van der Waals surface area (Å²) in [6.45, 7) is 3.80. The minimum absolute atomic E-state index is 0.121. The molecule has 2 N–H and O–H groups in total. The van der Waals surface area contributed by atoms with Crippen LogP contribution in [0.3, 0.4) is 0 Å². The van der Waals surface area contributed by atoms with Gasteiger partial charge < -0.3 is 10.2 Å². The van der Waals surface area contributed by atoms with Gasteiger partial charge in [-0.05, 0) is 18.2 Å². The largest absolute Gasteiger partial charge is 0.353 e. The number of anilines is 1. The lowest BCUT2D eigenvalue weighted by molar-refractivity contribution is 0.584. The standard InChI is InChI=1S/C13H14ClFN4/c14-10-7-9(1-2-11(10)15)12-8-13(18-17-12)19-5-3-16-4-6-19/h1-2,7-8,16H,3-6H2,(H,17,18). The highest BCUT2D eigenvalue weighted by atomic mass is 35.5. The van der Waals surface area contributed by atoms with Crippen LogP contribution in [-0.2, 0) is 0 Å². The van der Waals surface area contributed by atoms with Gasteiger partial charge in [0.25, 0.3) is 0 Å². The summed E-state index contributed by atoms with van der Waals surface area (Å²) >= 11 is 5.79. The highest BCUT2D eigenvalue weighted by Crippen LogP contribution is 2.26. The SMILES string of the molecule is Fc1ccc(-c2cc(N3CCNCC3)n[nH]2)cc1Cl. The van der Waals surface area contributed by atoms with E-state index in [1.54, 1.807) is 12.1 Å². The Morgan fingerprint density at radius 3 is 2.74 bits per heavy atom. The van der Waals surface area contributed by atoms with Gasteiger partial charge in [0.2, 0.25) is 0 Å². The molecule has 2 heterocycles. The molecular formula is C13H14ClFN4. The van der Waals surface area contributed by atoms with Crippen LogP contribution in [0.1, 0.15) is 0 Å². The summed E-state index contributed by atoms with van der Waals surface area (Å²) in [6.07, 6.45) is 0. The Morgan fingerprint density at radius 1 is 1.21 bits per heavy atom. The maximum absolute atomic E-state index is 13.1. The first kappa shape index (κ1) is 12.4. The van der Waals surface area contributed by atoms with Crippen molar-refractivity contribution < 1.29 is 4.39 Å². The van der Waals surface area contributed by atoms with E-state index in [1.165, 1.54) is 6.07 Å². The fraction of sp³-hybridized carbons (Fsp3) is 0.308. The number of hydrogen-bond donors (Lipinski definition) is 2. The lowest BCUT2D eigenvalue weighted by Crippen LogP contribution is -2.43. The molecule has 0 bridgehead atoms. The molecule has 0 atom stereocenters. The third kappa shape index (κ3) is 2.57. The van der Waals surface area contributed by atoms with Crippen LogP contribution in [0, 0.1) is 5.82 Å². The molecule has 2 aromatic rings. The zero-order valence-corrected chi connectivity index (χ0v) is 11.0. The predicted octanol–water partition coefficient (Wildman–Crippen LogP) is 2.28. The van der Waals surface area contributed by atoms with E-state index in [0.29, 0.717) is 0 Å². The van der Waals surface area contributed by atoms with Crippen LogP contribution in [0.2, 0.25) is 5.02 Å².